The van der Waals surface area contributed by atoms with Gasteiger partial charge in [0.15, 0.2) is 0 Å². The summed E-state index contributed by atoms with van der Waals surface area (Å²) in [5, 5.41) is 0. The van der Waals surface area contributed by atoms with Crippen molar-refractivity contribution in [3.63, 3.8) is 0 Å². The molecule has 1 aromatic carbocycles. The first-order valence-corrected chi connectivity index (χ1v) is 11.8. The van der Waals surface area contributed by atoms with Gasteiger partial charge in [0.25, 0.3) is 0 Å². The minimum absolute atomic E-state index is 0.0543. The standard InChI is InChI=1S/C27H42O5/c1-21(2)17-18-27(5,22(3)4)26(29)32-20-10-8-7-9-19-31-24-14-11-23(12-15-24)13-16-25(28)30-6/h11-16,21-22H,7-10,17-20H2,1-6H3/b16-13+. The summed E-state index contributed by atoms with van der Waals surface area (Å²) >= 11 is 0. The molecule has 0 aliphatic carbocycles. The van der Waals surface area contributed by atoms with Crippen molar-refractivity contribution in [1.29, 1.82) is 0 Å². The maximum absolute atomic E-state index is 12.7. The maximum Gasteiger partial charge on any atom is 0.330 e. The highest BCUT2D eigenvalue weighted by Crippen LogP contribution is 2.35. The summed E-state index contributed by atoms with van der Waals surface area (Å²) in [7, 11) is 1.35. The molecule has 0 saturated carbocycles. The Morgan fingerprint density at radius 3 is 2.16 bits per heavy atom. The number of carbonyl (C=O) groups is 2. The van der Waals surface area contributed by atoms with Crippen LogP contribution in [0.1, 0.15) is 78.7 Å². The first-order chi connectivity index (χ1) is 15.2. The van der Waals surface area contributed by atoms with Crippen molar-refractivity contribution >= 4 is 18.0 Å². The van der Waals surface area contributed by atoms with Crippen LogP contribution in [0.15, 0.2) is 30.3 Å². The molecule has 0 radical (unpaired) electrons. The van der Waals surface area contributed by atoms with Crippen molar-refractivity contribution in [2.24, 2.45) is 17.3 Å². The molecule has 1 rings (SSSR count). The van der Waals surface area contributed by atoms with Crippen LogP contribution in [0.5, 0.6) is 5.75 Å². The number of methoxy groups -OCH3 is 1. The van der Waals surface area contributed by atoms with E-state index in [4.69, 9.17) is 9.47 Å². The van der Waals surface area contributed by atoms with Gasteiger partial charge < -0.3 is 14.2 Å². The third-order valence-corrected chi connectivity index (χ3v) is 6.02. The van der Waals surface area contributed by atoms with Gasteiger partial charge in [-0.05, 0) is 81.1 Å². The molecule has 1 atom stereocenters. The molecule has 0 aromatic heterocycles. The van der Waals surface area contributed by atoms with Crippen LogP contribution in [0.4, 0.5) is 0 Å². The van der Waals surface area contributed by atoms with Crippen LogP contribution in [0.3, 0.4) is 0 Å². The van der Waals surface area contributed by atoms with Gasteiger partial charge in [0.05, 0.1) is 25.7 Å². The number of unbranched alkanes of at least 4 members (excludes halogenated alkanes) is 3. The number of benzene rings is 1. The molecule has 0 aliphatic heterocycles. The molecule has 0 aliphatic rings. The maximum atomic E-state index is 12.7. The van der Waals surface area contributed by atoms with Crippen LogP contribution in [0.25, 0.3) is 6.08 Å². The molecule has 180 valence electrons. The molecule has 0 heterocycles. The lowest BCUT2D eigenvalue weighted by Crippen LogP contribution is -2.35. The Bertz CT molecular complexity index is 705. The molecule has 1 aromatic rings. The smallest absolute Gasteiger partial charge is 0.330 e. The van der Waals surface area contributed by atoms with Gasteiger partial charge in [-0.2, -0.15) is 0 Å². The van der Waals surface area contributed by atoms with E-state index in [1.54, 1.807) is 6.08 Å². The molecule has 0 spiro atoms. The van der Waals surface area contributed by atoms with Gasteiger partial charge in [0.1, 0.15) is 5.75 Å². The fourth-order valence-electron chi connectivity index (χ4n) is 3.20. The Labute approximate surface area is 194 Å². The predicted octanol–water partition coefficient (Wildman–Crippen LogP) is 6.45. The van der Waals surface area contributed by atoms with Crippen LogP contribution >= 0.6 is 0 Å². The summed E-state index contributed by atoms with van der Waals surface area (Å²) in [4.78, 5) is 23.8. The average molecular weight is 447 g/mol. The second kappa shape index (κ2) is 14.7. The van der Waals surface area contributed by atoms with Crippen LogP contribution in [-0.2, 0) is 19.1 Å². The second-order valence-electron chi connectivity index (χ2n) is 9.33. The van der Waals surface area contributed by atoms with E-state index >= 15 is 0 Å². The normalized spacial score (nSPS) is 13.4. The Balaban J connectivity index is 2.21. The minimum atomic E-state index is -0.400. The number of esters is 2. The number of carbonyl (C=O) groups excluding carboxylic acids is 2. The molecule has 0 N–H and O–H groups in total. The fraction of sp³-hybridized carbons (Fsp3) is 0.630. The molecule has 32 heavy (non-hydrogen) atoms. The average Bonchev–Trinajstić information content (AvgIpc) is 2.77. The zero-order chi connectivity index (χ0) is 24.0. The third kappa shape index (κ3) is 10.3. The highest BCUT2D eigenvalue weighted by molar-refractivity contribution is 5.86. The summed E-state index contributed by atoms with van der Waals surface area (Å²) in [5.74, 6) is 1.23. The summed E-state index contributed by atoms with van der Waals surface area (Å²) < 4.78 is 16.0. The summed E-state index contributed by atoms with van der Waals surface area (Å²) in [6.07, 6.45) is 8.89. The number of ether oxygens (including phenoxy) is 3. The van der Waals surface area contributed by atoms with Crippen molar-refractivity contribution in [3.8, 4) is 5.75 Å². The lowest BCUT2D eigenvalue weighted by Gasteiger charge is -2.32. The molecule has 0 saturated heterocycles. The van der Waals surface area contributed by atoms with Crippen molar-refractivity contribution in [1.82, 2.24) is 0 Å². The Kier molecular flexibility index (Phi) is 12.7. The topological polar surface area (TPSA) is 61.8 Å². The van der Waals surface area contributed by atoms with E-state index in [2.05, 4.69) is 32.4 Å². The van der Waals surface area contributed by atoms with Crippen molar-refractivity contribution in [2.75, 3.05) is 20.3 Å². The zero-order valence-corrected chi connectivity index (χ0v) is 20.8. The first-order valence-electron chi connectivity index (χ1n) is 11.8. The van der Waals surface area contributed by atoms with E-state index in [1.807, 2.05) is 31.2 Å². The molecule has 5 heteroatoms. The quantitative estimate of drug-likeness (QED) is 0.176. The van der Waals surface area contributed by atoms with Gasteiger partial charge in [0.2, 0.25) is 0 Å². The second-order valence-corrected chi connectivity index (χ2v) is 9.33. The van der Waals surface area contributed by atoms with Crippen molar-refractivity contribution < 1.29 is 23.8 Å². The predicted molar refractivity (Wildman–Crippen MR) is 129 cm³/mol. The van der Waals surface area contributed by atoms with Gasteiger partial charge in [-0.15, -0.1) is 0 Å². The molecular weight excluding hydrogens is 404 g/mol. The first kappa shape index (κ1) is 27.7. The van der Waals surface area contributed by atoms with Crippen LogP contribution < -0.4 is 4.74 Å². The minimum Gasteiger partial charge on any atom is -0.494 e. The largest absolute Gasteiger partial charge is 0.494 e. The third-order valence-electron chi connectivity index (χ3n) is 6.02. The van der Waals surface area contributed by atoms with E-state index < -0.39 is 5.41 Å². The van der Waals surface area contributed by atoms with E-state index in [0.29, 0.717) is 19.1 Å². The lowest BCUT2D eigenvalue weighted by molar-refractivity contribution is -0.158. The van der Waals surface area contributed by atoms with Gasteiger partial charge in [-0.25, -0.2) is 4.79 Å². The summed E-state index contributed by atoms with van der Waals surface area (Å²) in [5.41, 5.74) is 0.512. The zero-order valence-electron chi connectivity index (χ0n) is 20.8. The van der Waals surface area contributed by atoms with Crippen LogP contribution in [-0.4, -0.2) is 32.3 Å². The molecule has 0 fully saturated rings. The molecule has 0 amide bonds. The summed E-state index contributed by atoms with van der Waals surface area (Å²) in [6, 6.07) is 7.58. The van der Waals surface area contributed by atoms with Gasteiger partial charge in [-0.3, -0.25) is 4.79 Å². The van der Waals surface area contributed by atoms with Crippen molar-refractivity contribution in [3.05, 3.63) is 35.9 Å². The molecular formula is C27H42O5. The number of rotatable bonds is 15. The van der Waals surface area contributed by atoms with Crippen LogP contribution in [0.2, 0.25) is 0 Å². The van der Waals surface area contributed by atoms with Gasteiger partial charge in [0, 0.05) is 6.08 Å². The number of hydrogen-bond acceptors (Lipinski definition) is 5. The fourth-order valence-corrected chi connectivity index (χ4v) is 3.20. The van der Waals surface area contributed by atoms with E-state index in [1.165, 1.54) is 13.2 Å². The van der Waals surface area contributed by atoms with Gasteiger partial charge in [-0.1, -0.05) is 39.8 Å². The van der Waals surface area contributed by atoms with E-state index in [-0.39, 0.29) is 17.9 Å². The Morgan fingerprint density at radius 1 is 0.969 bits per heavy atom. The highest BCUT2D eigenvalue weighted by atomic mass is 16.5. The van der Waals surface area contributed by atoms with Crippen molar-refractivity contribution in [2.45, 2.75) is 73.1 Å². The summed E-state index contributed by atoms with van der Waals surface area (Å²) in [6.45, 7) is 11.8. The highest BCUT2D eigenvalue weighted by Gasteiger charge is 2.37. The van der Waals surface area contributed by atoms with Gasteiger partial charge >= 0.3 is 11.9 Å². The molecule has 0 bridgehead atoms. The van der Waals surface area contributed by atoms with Crippen LogP contribution in [0, 0.1) is 17.3 Å². The van der Waals surface area contributed by atoms with E-state index in [9.17, 15) is 9.59 Å². The Morgan fingerprint density at radius 2 is 1.59 bits per heavy atom. The Hall–Kier alpha value is -2.30. The van der Waals surface area contributed by atoms with E-state index in [0.717, 1.165) is 49.8 Å². The lowest BCUT2D eigenvalue weighted by atomic mass is 9.74. The SMILES string of the molecule is COC(=O)/C=C/c1ccc(OCCCCCCOC(=O)C(C)(CCC(C)C)C(C)C)cc1. The number of hydrogen-bond donors (Lipinski definition) is 0. The molecule has 1 unspecified atom stereocenters. The molecule has 5 nitrogen and oxygen atoms in total. The monoisotopic (exact) mass is 446 g/mol.